The molecule has 436 valence electrons. The van der Waals surface area contributed by atoms with Crippen molar-refractivity contribution in [2.24, 2.45) is 0 Å². The number of hydrogen-bond acceptors (Lipinski definition) is 29. The van der Waals surface area contributed by atoms with Crippen LogP contribution in [0.1, 0.15) is 12.0 Å². The van der Waals surface area contributed by atoms with Gasteiger partial charge in [0.15, 0.2) is 40.8 Å². The summed E-state index contributed by atoms with van der Waals surface area (Å²) in [6.45, 7) is -2.93. The molecule has 30 nitrogen and oxygen atoms in total. The molecule has 15 N–H and O–H groups in total. The van der Waals surface area contributed by atoms with Gasteiger partial charge in [0.2, 0.25) is 18.9 Å². The molecule has 0 saturated carbocycles. The average molecular weight is 1140 g/mol. The average Bonchev–Trinajstić information content (AvgIpc) is 3.44. The summed E-state index contributed by atoms with van der Waals surface area (Å²) in [5, 5.41) is 156. The lowest BCUT2D eigenvalue weighted by molar-refractivity contribution is -0.345. The maximum Gasteiger partial charge on any atom is 0.330 e. The van der Waals surface area contributed by atoms with Gasteiger partial charge in [0.05, 0.1) is 18.8 Å². The maximum atomic E-state index is 13.2. The highest BCUT2D eigenvalue weighted by atomic mass is 16.8. The molecule has 0 aromatic heterocycles. The van der Waals surface area contributed by atoms with Gasteiger partial charge in [-0.2, -0.15) is 0 Å². The number of aliphatic carboxylic acids is 1. The van der Waals surface area contributed by atoms with Crippen molar-refractivity contribution in [2.45, 2.75) is 123 Å². The van der Waals surface area contributed by atoms with E-state index in [-0.39, 0.29) is 28.4 Å². The van der Waals surface area contributed by atoms with Gasteiger partial charge in [-0.1, -0.05) is 12.1 Å². The maximum absolute atomic E-state index is 13.2. The van der Waals surface area contributed by atoms with Crippen LogP contribution in [0.15, 0.2) is 76.0 Å². The van der Waals surface area contributed by atoms with Crippen LogP contribution in [-0.4, -0.2) is 238 Å². The second kappa shape index (κ2) is 25.4. The summed E-state index contributed by atoms with van der Waals surface area (Å²) in [5.41, 5.74) is -0.703. The minimum absolute atomic E-state index is 0.0790. The van der Waals surface area contributed by atoms with Gasteiger partial charge in [-0.15, -0.1) is 0 Å². The van der Waals surface area contributed by atoms with Crippen LogP contribution in [0.4, 0.5) is 0 Å². The Labute approximate surface area is 449 Å². The van der Waals surface area contributed by atoms with E-state index in [0.717, 1.165) is 36.4 Å². The van der Waals surface area contributed by atoms with Crippen molar-refractivity contribution < 1.29 is 143 Å². The summed E-state index contributed by atoms with van der Waals surface area (Å²) in [6, 6.07) is 12.0. The number of fused-ring (bicyclic) bond motifs is 1. The van der Waals surface area contributed by atoms with Crippen LogP contribution in [0.25, 0.3) is 28.7 Å². The first-order valence-electron chi connectivity index (χ1n) is 24.3. The summed E-state index contributed by atoms with van der Waals surface area (Å²) in [6.07, 6.45) is -33.2. The molecule has 2 aromatic rings. The van der Waals surface area contributed by atoms with Crippen molar-refractivity contribution in [3.8, 4) is 51.4 Å². The highest BCUT2D eigenvalue weighted by molar-refractivity contribution is 5.90. The van der Waals surface area contributed by atoms with Gasteiger partial charge in [-0.25, -0.2) is 4.79 Å². The largest absolute Gasteiger partial charge is 0.504 e. The quantitative estimate of drug-likeness (QED) is 0.0192. The molecule has 2 aromatic carbocycles. The first-order valence-corrected chi connectivity index (χ1v) is 24.3. The van der Waals surface area contributed by atoms with E-state index in [1.165, 1.54) is 36.4 Å². The topological polar surface area (TPSA) is 477 Å². The number of hydrogen-bond donors (Lipinski definition) is 15. The number of carbonyl (C=O) groups excluding carboxylic acids is 2. The van der Waals surface area contributed by atoms with Crippen molar-refractivity contribution in [3.63, 3.8) is 0 Å². The van der Waals surface area contributed by atoms with Crippen LogP contribution in [0, 0.1) is 0 Å². The lowest BCUT2D eigenvalue weighted by atomic mass is 9.98. The minimum atomic E-state index is -2.11. The van der Waals surface area contributed by atoms with Crippen molar-refractivity contribution in [3.05, 3.63) is 82.5 Å². The predicted molar refractivity (Wildman–Crippen MR) is 256 cm³/mol. The third-order valence-corrected chi connectivity index (χ3v) is 13.1. The minimum Gasteiger partial charge on any atom is -0.504 e. The Bertz CT molecular complexity index is 2840. The summed E-state index contributed by atoms with van der Waals surface area (Å²) < 4.78 is 62.5. The second-order valence-corrected chi connectivity index (χ2v) is 18.7. The van der Waals surface area contributed by atoms with Gasteiger partial charge < -0.3 is 128 Å². The molecule has 5 aliphatic heterocycles. The molecule has 6 aliphatic rings. The number of rotatable bonds is 18. The molecule has 0 amide bonds. The normalized spacial score (nSPS) is 33.7. The summed E-state index contributed by atoms with van der Waals surface area (Å²) in [5.74, 6) is -6.61. The van der Waals surface area contributed by atoms with Gasteiger partial charge in [0, 0.05) is 23.8 Å². The van der Waals surface area contributed by atoms with Crippen molar-refractivity contribution in [2.75, 3.05) is 26.4 Å². The Morgan fingerprint density at radius 2 is 1.20 bits per heavy atom. The molecular weight excluding hydrogens is 1080 g/mol. The summed E-state index contributed by atoms with van der Waals surface area (Å²) in [7, 11) is 0. The van der Waals surface area contributed by atoms with Crippen molar-refractivity contribution in [1.29, 1.82) is 0 Å². The molecule has 0 bridgehead atoms. The highest BCUT2D eigenvalue weighted by Gasteiger charge is 2.52. The number of aliphatic hydroxyl groups is 12. The molecule has 19 atom stereocenters. The van der Waals surface area contributed by atoms with E-state index in [1.54, 1.807) is 0 Å². The van der Waals surface area contributed by atoms with Gasteiger partial charge >= 0.3 is 17.9 Å². The van der Waals surface area contributed by atoms with Gasteiger partial charge in [0.1, 0.15) is 122 Å². The number of esters is 2. The fraction of sp³-hybridized carbons (Fsp3) is 0.480. The van der Waals surface area contributed by atoms with E-state index < -0.39 is 196 Å². The monoisotopic (exact) mass is 1140 g/mol. The van der Waals surface area contributed by atoms with E-state index in [9.17, 15) is 90.7 Å². The number of phenols is 2. The number of phenolic OH excluding ortho intramolecular Hbond substituents is 2. The molecule has 5 heterocycles. The number of aliphatic hydroxyl groups excluding tert-OH is 12. The fourth-order valence-corrected chi connectivity index (χ4v) is 8.63. The smallest absolute Gasteiger partial charge is 0.330 e. The van der Waals surface area contributed by atoms with Gasteiger partial charge in [-0.05, 0) is 48.0 Å². The second-order valence-electron chi connectivity index (χ2n) is 18.7. The van der Waals surface area contributed by atoms with Gasteiger partial charge in [0.25, 0.3) is 0 Å². The Hall–Kier alpha value is -6.66. The summed E-state index contributed by atoms with van der Waals surface area (Å²) >= 11 is 0. The van der Waals surface area contributed by atoms with E-state index in [0.29, 0.717) is 5.56 Å². The number of benzene rings is 3. The van der Waals surface area contributed by atoms with E-state index in [2.05, 4.69) is 0 Å². The third-order valence-electron chi connectivity index (χ3n) is 13.1. The SMILES string of the molecule is O=C(O)CC(=O)OC[C@H]1O[C@@H](Oc2cc(=O)cc3oc(-c4ccc(O)c(O)c4)c(O[C@@H]4O[C@H](COC(=O)/C=C/c5ccc(O[C@@H]6O[C@H](CO)[C@@H](O)[C@H](O)[C@H]6O)cc5)[C@@H](O)[C@H](O)[C@H]4O[C@@H]4OC[C@@H](O)[C@H](O)[C@H]4O)cc2-3)[C@H](O)[C@@H](O)[C@@H]1O. The molecule has 30 heteroatoms. The number of carboxylic acids is 1. The molecule has 8 rings (SSSR count). The molecule has 0 unspecified atom stereocenters. The van der Waals surface area contributed by atoms with Crippen LogP contribution in [0.3, 0.4) is 0 Å². The van der Waals surface area contributed by atoms with E-state index in [4.69, 9.17) is 56.9 Å². The first kappa shape index (κ1) is 59.5. The van der Waals surface area contributed by atoms with Crippen LogP contribution >= 0.6 is 0 Å². The van der Waals surface area contributed by atoms with Crippen LogP contribution in [0.5, 0.6) is 28.7 Å². The lowest BCUT2D eigenvalue weighted by Gasteiger charge is -2.44. The fourth-order valence-electron chi connectivity index (χ4n) is 8.63. The zero-order valence-corrected chi connectivity index (χ0v) is 41.3. The Morgan fingerprint density at radius 3 is 1.86 bits per heavy atom. The Kier molecular flexibility index (Phi) is 18.9. The molecule has 0 radical (unpaired) electrons. The van der Waals surface area contributed by atoms with Crippen LogP contribution in [-0.2, 0) is 47.5 Å². The molecule has 4 fully saturated rings. The van der Waals surface area contributed by atoms with Crippen LogP contribution < -0.4 is 19.6 Å². The molecule has 80 heavy (non-hydrogen) atoms. The van der Waals surface area contributed by atoms with Gasteiger partial charge in [-0.3, -0.25) is 14.4 Å². The van der Waals surface area contributed by atoms with Crippen LogP contribution in [0.2, 0.25) is 0 Å². The Morgan fingerprint density at radius 1 is 0.600 bits per heavy atom. The number of carboxylic acid groups (broad SMARTS) is 1. The predicted octanol–water partition coefficient (Wildman–Crippen LogP) is -4.89. The van der Waals surface area contributed by atoms with Crippen molar-refractivity contribution in [1.82, 2.24) is 0 Å². The zero-order chi connectivity index (χ0) is 57.9. The van der Waals surface area contributed by atoms with Crippen molar-refractivity contribution >= 4 is 24.0 Å². The number of aromatic hydroxyl groups is 2. The number of ether oxygens (including phenoxy) is 10. The molecule has 0 spiro atoms. The molecular formula is C50H56O30. The molecule has 4 saturated heterocycles. The zero-order valence-electron chi connectivity index (χ0n) is 41.3. The Balaban J connectivity index is 1.07. The van der Waals surface area contributed by atoms with E-state index in [1.807, 2.05) is 0 Å². The van der Waals surface area contributed by atoms with E-state index >= 15 is 0 Å². The third kappa shape index (κ3) is 13.4. The standard InChI is InChI=1S/C50H56O30/c51-14-29-36(61)39(64)43(68)48(77-29)73-21-5-1-18(2-6-21)3-8-33(58)70-16-31-38(63)41(66)46(80-47-42(67)35(60)25(55)15-72-47)50(79-31)76-28-12-22-26(74-45(28)19-4-7-23(53)24(54)9-19)10-20(52)11-27(22)75-49-44(69)40(65)37(62)30(78-49)17-71-34(59)13-32(56)57/h1-12,25,29-31,35-44,46-51,53-55,60-69H,13-17H2,(H,56,57)/b8-3+/t25-,29-,30-,31-,35+,36-,37-,38-,39+,40+,41+,42-,43-,44-,46-,47+,48-,49-,50-/m1/s1. The molecule has 1 aliphatic carbocycles. The highest BCUT2D eigenvalue weighted by Crippen LogP contribution is 2.44. The first-order chi connectivity index (χ1) is 38.0. The number of carbonyl (C=O) groups is 3. The lowest BCUT2D eigenvalue weighted by Crippen LogP contribution is -2.64. The summed E-state index contributed by atoms with van der Waals surface area (Å²) in [4.78, 5) is 49.3.